The Labute approximate surface area is 206 Å². The van der Waals surface area contributed by atoms with Crippen LogP contribution in [0.4, 0.5) is 22.0 Å². The molecule has 0 saturated carbocycles. The summed E-state index contributed by atoms with van der Waals surface area (Å²) in [5, 5.41) is 21.8. The normalized spacial score (nSPS) is 11.1. The summed E-state index contributed by atoms with van der Waals surface area (Å²) in [6.07, 6.45) is 0. The Kier molecular flexibility index (Phi) is 6.12. The van der Waals surface area contributed by atoms with Crippen LogP contribution in [0.5, 0.6) is 28.7 Å². The first-order chi connectivity index (χ1) is 17.7. The van der Waals surface area contributed by atoms with Crippen molar-refractivity contribution in [3.05, 3.63) is 102 Å². The van der Waals surface area contributed by atoms with E-state index in [-0.39, 0.29) is 23.0 Å². The third-order valence-electron chi connectivity index (χ3n) is 5.44. The van der Waals surface area contributed by atoms with Crippen molar-refractivity contribution in [3.8, 4) is 28.7 Å². The largest absolute Gasteiger partial charge is 0.864 e. The van der Waals surface area contributed by atoms with E-state index in [4.69, 9.17) is 14.0 Å². The van der Waals surface area contributed by atoms with Crippen molar-refractivity contribution in [2.24, 2.45) is 0 Å². The maximum atomic E-state index is 14.3. The van der Waals surface area contributed by atoms with E-state index in [2.05, 4.69) is 0 Å². The van der Waals surface area contributed by atoms with E-state index in [9.17, 15) is 32.2 Å². The molecule has 0 aliphatic carbocycles. The van der Waals surface area contributed by atoms with E-state index < -0.39 is 42.2 Å². The van der Waals surface area contributed by atoms with Crippen LogP contribution >= 0.6 is 0 Å². The van der Waals surface area contributed by atoms with Crippen LogP contribution in [0, 0.1) is 29.1 Å². The molecule has 0 spiro atoms. The third-order valence-corrected chi connectivity index (χ3v) is 5.44. The monoisotopic (exact) mass is 512 g/mol. The smallest absolute Gasteiger partial charge is 0.508 e. The minimum Gasteiger partial charge on any atom is -0.508 e. The Morgan fingerprint density at radius 1 is 0.459 bits per heavy atom. The molecule has 5 rings (SSSR count). The topological polar surface area (TPSA) is 68.2 Å². The molecular formula is C26H14BF5O5. The van der Waals surface area contributed by atoms with Gasteiger partial charge in [-0.05, 0) is 70.1 Å². The van der Waals surface area contributed by atoms with Gasteiger partial charge in [-0.15, -0.1) is 0 Å². The van der Waals surface area contributed by atoms with Gasteiger partial charge in [-0.3, -0.25) is 0 Å². The van der Waals surface area contributed by atoms with Gasteiger partial charge in [0, 0.05) is 0 Å². The average molecular weight is 512 g/mol. The number of aromatic hydroxyl groups is 2. The van der Waals surface area contributed by atoms with Crippen molar-refractivity contribution in [1.29, 1.82) is 0 Å². The molecule has 0 aliphatic heterocycles. The fourth-order valence-corrected chi connectivity index (χ4v) is 3.65. The lowest BCUT2D eigenvalue weighted by atomic mass is 10.1. The number of hydrogen-bond donors (Lipinski definition) is 2. The number of hydrogen-bond acceptors (Lipinski definition) is 5. The number of benzene rings is 5. The minimum absolute atomic E-state index is 0.0293. The lowest BCUT2D eigenvalue weighted by Gasteiger charge is -2.18. The van der Waals surface area contributed by atoms with Crippen molar-refractivity contribution < 1.29 is 46.1 Å². The molecule has 0 unspecified atom stereocenters. The van der Waals surface area contributed by atoms with Gasteiger partial charge in [0.05, 0.1) is 0 Å². The van der Waals surface area contributed by atoms with E-state index in [1.807, 2.05) is 0 Å². The number of fused-ring (bicyclic) bond motifs is 2. The number of phenolic OH excluding ortho intramolecular Hbond substituents is 2. The maximum Gasteiger partial charge on any atom is 0.864 e. The van der Waals surface area contributed by atoms with Crippen molar-refractivity contribution in [2.75, 3.05) is 0 Å². The third kappa shape index (κ3) is 4.75. The van der Waals surface area contributed by atoms with Crippen LogP contribution in [0.2, 0.25) is 0 Å². The zero-order valence-corrected chi connectivity index (χ0v) is 18.5. The van der Waals surface area contributed by atoms with Gasteiger partial charge in [0.25, 0.3) is 0 Å². The molecule has 0 atom stereocenters. The van der Waals surface area contributed by atoms with Gasteiger partial charge in [0.1, 0.15) is 23.0 Å². The first kappa shape index (κ1) is 24.0. The molecule has 5 aromatic rings. The van der Waals surface area contributed by atoms with Crippen LogP contribution in [0.1, 0.15) is 0 Å². The summed E-state index contributed by atoms with van der Waals surface area (Å²) in [6, 6.07) is 18.0. The summed E-state index contributed by atoms with van der Waals surface area (Å²) >= 11 is 0. The highest BCUT2D eigenvalue weighted by Crippen LogP contribution is 2.32. The molecule has 11 heteroatoms. The van der Waals surface area contributed by atoms with E-state index in [0.717, 1.165) is 0 Å². The molecule has 0 bridgehead atoms. The second kappa shape index (κ2) is 9.42. The fraction of sp³-hybridized carbons (Fsp3) is 0. The summed E-state index contributed by atoms with van der Waals surface area (Å²) < 4.78 is 85.9. The Morgan fingerprint density at radius 2 is 0.838 bits per heavy atom. The first-order valence-corrected chi connectivity index (χ1v) is 10.7. The Hall–Kier alpha value is -4.67. The van der Waals surface area contributed by atoms with Gasteiger partial charge in [-0.2, -0.15) is 8.78 Å². The fourth-order valence-electron chi connectivity index (χ4n) is 3.65. The molecule has 186 valence electrons. The van der Waals surface area contributed by atoms with Crippen molar-refractivity contribution in [1.82, 2.24) is 0 Å². The average Bonchev–Trinajstić information content (AvgIpc) is 2.89. The summed E-state index contributed by atoms with van der Waals surface area (Å²) in [5.74, 6) is -12.5. The summed E-state index contributed by atoms with van der Waals surface area (Å²) in [5.41, 5.74) is 0. The molecule has 5 aromatic carbocycles. The van der Waals surface area contributed by atoms with Crippen molar-refractivity contribution in [3.63, 3.8) is 0 Å². The van der Waals surface area contributed by atoms with Gasteiger partial charge < -0.3 is 24.2 Å². The van der Waals surface area contributed by atoms with Crippen molar-refractivity contribution >= 4 is 28.9 Å². The highest BCUT2D eigenvalue weighted by Gasteiger charge is 2.36. The van der Waals surface area contributed by atoms with Crippen LogP contribution in [0.3, 0.4) is 0 Å². The lowest BCUT2D eigenvalue weighted by Crippen LogP contribution is -2.37. The van der Waals surface area contributed by atoms with Crippen LogP contribution in [-0.4, -0.2) is 17.5 Å². The van der Waals surface area contributed by atoms with E-state index >= 15 is 0 Å². The van der Waals surface area contributed by atoms with Crippen LogP contribution in [-0.2, 0) is 0 Å². The molecule has 5 nitrogen and oxygen atoms in total. The number of rotatable bonds is 6. The molecular weight excluding hydrogens is 498 g/mol. The van der Waals surface area contributed by atoms with E-state index in [0.29, 0.717) is 21.5 Å². The molecule has 0 aliphatic rings. The zero-order chi connectivity index (χ0) is 26.3. The van der Waals surface area contributed by atoms with Gasteiger partial charge in [0.15, 0.2) is 5.75 Å². The van der Waals surface area contributed by atoms with E-state index in [1.54, 1.807) is 24.3 Å². The molecule has 0 fully saturated rings. The molecule has 37 heavy (non-hydrogen) atoms. The molecule has 0 heterocycles. The van der Waals surface area contributed by atoms with Crippen LogP contribution in [0.15, 0.2) is 72.8 Å². The highest BCUT2D eigenvalue weighted by atomic mass is 19.2. The summed E-state index contributed by atoms with van der Waals surface area (Å²) in [4.78, 5) is 0. The number of phenols is 2. The maximum absolute atomic E-state index is 14.3. The molecule has 0 radical (unpaired) electrons. The zero-order valence-electron chi connectivity index (χ0n) is 18.5. The Bertz CT molecular complexity index is 1550. The first-order valence-electron chi connectivity index (χ1n) is 10.7. The lowest BCUT2D eigenvalue weighted by molar-refractivity contribution is 0.278. The summed E-state index contributed by atoms with van der Waals surface area (Å²) in [6.45, 7) is 0. The second-order valence-corrected chi connectivity index (χ2v) is 7.93. The quantitative estimate of drug-likeness (QED) is 0.116. The van der Waals surface area contributed by atoms with Gasteiger partial charge in [-0.1, -0.05) is 24.3 Å². The van der Waals surface area contributed by atoms with E-state index in [1.165, 1.54) is 48.5 Å². The van der Waals surface area contributed by atoms with Crippen LogP contribution in [0.25, 0.3) is 21.5 Å². The number of halogens is 5. The molecule has 2 N–H and O–H groups in total. The minimum atomic E-state index is -2.34. The Morgan fingerprint density at radius 3 is 1.30 bits per heavy atom. The highest BCUT2D eigenvalue weighted by molar-refractivity contribution is 6.39. The SMILES string of the molecule is Oc1ccc2cc(OB(Oc3ccc4cc(O)ccc4c3)Oc3c(F)c(F)c(F)c(F)c3F)ccc2c1. The Balaban J connectivity index is 1.52. The van der Waals surface area contributed by atoms with Gasteiger partial charge >= 0.3 is 7.32 Å². The molecule has 0 saturated heterocycles. The second-order valence-electron chi connectivity index (χ2n) is 7.93. The molecule has 0 amide bonds. The predicted molar refractivity (Wildman–Crippen MR) is 125 cm³/mol. The van der Waals surface area contributed by atoms with Gasteiger partial charge in [-0.25, -0.2) is 13.2 Å². The molecule has 0 aromatic heterocycles. The van der Waals surface area contributed by atoms with Crippen LogP contribution < -0.4 is 14.0 Å². The van der Waals surface area contributed by atoms with Crippen molar-refractivity contribution in [2.45, 2.75) is 0 Å². The summed E-state index contributed by atoms with van der Waals surface area (Å²) in [7, 11) is -2.00. The van der Waals surface area contributed by atoms with Gasteiger partial charge in [0.2, 0.25) is 29.1 Å². The standard InChI is InChI=1S/C26H14BF5O5/c28-21-22(29)24(31)26(25(32)23(21)30)37-27(35-19-7-3-13-9-17(33)5-1-15(13)11-19)36-20-8-4-14-10-18(34)6-2-16(14)12-20/h1-12,33-34H. The predicted octanol–water partition coefficient (Wildman–Crippen LogP) is 6.62.